The molecule has 2 aromatic rings. The highest BCUT2D eigenvalue weighted by molar-refractivity contribution is 5.89. The lowest BCUT2D eigenvalue weighted by Gasteiger charge is -2.17. The van der Waals surface area contributed by atoms with Gasteiger partial charge in [-0.2, -0.15) is 0 Å². The first kappa shape index (κ1) is 16.3. The molecule has 0 N–H and O–H groups in total. The number of hydrogen-bond donors (Lipinski definition) is 0. The minimum Gasteiger partial charge on any atom is -0.462 e. The minimum atomic E-state index is -0.236. The normalized spacial score (nSPS) is 12.0. The quantitative estimate of drug-likeness (QED) is 0.513. The highest BCUT2D eigenvalue weighted by Gasteiger charge is 2.10. The summed E-state index contributed by atoms with van der Waals surface area (Å²) in [6, 6.07) is 9.63. The molecule has 0 radical (unpaired) electrons. The number of carbonyl (C=O) groups is 1. The van der Waals surface area contributed by atoms with E-state index >= 15 is 0 Å². The van der Waals surface area contributed by atoms with Crippen LogP contribution in [-0.2, 0) is 4.74 Å². The summed E-state index contributed by atoms with van der Waals surface area (Å²) in [4.78, 5) is 15.9. The third kappa shape index (κ3) is 5.02. The Morgan fingerprint density at radius 3 is 2.73 bits per heavy atom. The number of ether oxygens (including phenoxy) is 1. The zero-order valence-electron chi connectivity index (χ0n) is 13.1. The number of carbonyl (C=O) groups excluding carboxylic acids is 1. The summed E-state index contributed by atoms with van der Waals surface area (Å²) in [6.07, 6.45) is 11.1. The predicted molar refractivity (Wildman–Crippen MR) is 86.7 cm³/mol. The zero-order chi connectivity index (χ0) is 15.6. The van der Waals surface area contributed by atoms with E-state index in [4.69, 9.17) is 4.74 Å². The molecule has 1 aromatic heterocycles. The lowest BCUT2D eigenvalue weighted by atomic mass is 10.1. The molecular weight excluding hydrogens is 276 g/mol. The van der Waals surface area contributed by atoms with Crippen molar-refractivity contribution >= 4 is 5.97 Å². The van der Waals surface area contributed by atoms with Gasteiger partial charge in [-0.25, -0.2) is 9.78 Å². The third-order valence-electron chi connectivity index (χ3n) is 3.74. The van der Waals surface area contributed by atoms with Crippen molar-refractivity contribution in [3.63, 3.8) is 0 Å². The lowest BCUT2D eigenvalue weighted by Crippen LogP contribution is -2.09. The highest BCUT2D eigenvalue weighted by Crippen LogP contribution is 2.20. The van der Waals surface area contributed by atoms with Crippen LogP contribution in [0.3, 0.4) is 0 Å². The first-order valence-electron chi connectivity index (χ1n) is 8.01. The van der Waals surface area contributed by atoms with E-state index in [0.29, 0.717) is 18.2 Å². The number of hydrogen-bond acceptors (Lipinski definition) is 3. The van der Waals surface area contributed by atoms with E-state index in [0.717, 1.165) is 32.1 Å². The number of aromatic nitrogens is 2. The smallest absolute Gasteiger partial charge is 0.338 e. The molecule has 0 aliphatic heterocycles. The standard InChI is InChI=1S/C18H24N2O2/c1-2-8-17(20-13-12-19-15-20)11-6-7-14-22-18(21)16-9-4-3-5-10-16/h3-5,9-10,12-13,15,17H,2,6-8,11,14H2,1H3. The molecule has 0 aliphatic carbocycles. The largest absolute Gasteiger partial charge is 0.462 e. The Balaban J connectivity index is 1.67. The van der Waals surface area contributed by atoms with Crippen LogP contribution in [0.25, 0.3) is 0 Å². The van der Waals surface area contributed by atoms with Crippen LogP contribution < -0.4 is 0 Å². The molecule has 0 saturated heterocycles. The van der Waals surface area contributed by atoms with Gasteiger partial charge in [-0.15, -0.1) is 0 Å². The van der Waals surface area contributed by atoms with Crippen LogP contribution in [0.5, 0.6) is 0 Å². The maximum atomic E-state index is 11.8. The maximum absolute atomic E-state index is 11.8. The summed E-state index contributed by atoms with van der Waals surface area (Å²) in [7, 11) is 0. The molecule has 1 unspecified atom stereocenters. The van der Waals surface area contributed by atoms with Crippen molar-refractivity contribution in [2.75, 3.05) is 6.61 Å². The monoisotopic (exact) mass is 300 g/mol. The molecule has 0 fully saturated rings. The number of unbranched alkanes of at least 4 members (excludes halogenated alkanes) is 1. The second kappa shape index (κ2) is 9.03. The van der Waals surface area contributed by atoms with Gasteiger partial charge in [-0.05, 0) is 37.8 Å². The van der Waals surface area contributed by atoms with Crippen LogP contribution in [0.4, 0.5) is 0 Å². The summed E-state index contributed by atoms with van der Waals surface area (Å²) in [6.45, 7) is 2.68. The molecule has 0 bridgehead atoms. The van der Waals surface area contributed by atoms with Crippen molar-refractivity contribution in [3.05, 3.63) is 54.6 Å². The minimum absolute atomic E-state index is 0.236. The van der Waals surface area contributed by atoms with Gasteiger partial charge in [0.25, 0.3) is 0 Å². The van der Waals surface area contributed by atoms with Crippen molar-refractivity contribution in [2.45, 2.75) is 45.1 Å². The Bertz CT molecular complexity index is 537. The number of benzene rings is 1. The summed E-state index contributed by atoms with van der Waals surface area (Å²) in [5.41, 5.74) is 0.616. The Morgan fingerprint density at radius 1 is 1.23 bits per heavy atom. The van der Waals surface area contributed by atoms with E-state index < -0.39 is 0 Å². The summed E-state index contributed by atoms with van der Waals surface area (Å²) >= 11 is 0. The zero-order valence-corrected chi connectivity index (χ0v) is 13.1. The summed E-state index contributed by atoms with van der Waals surface area (Å²) < 4.78 is 7.48. The van der Waals surface area contributed by atoms with E-state index in [-0.39, 0.29) is 5.97 Å². The number of nitrogens with zero attached hydrogens (tertiary/aromatic N) is 2. The Labute approximate surface area is 132 Å². The molecule has 22 heavy (non-hydrogen) atoms. The topological polar surface area (TPSA) is 44.1 Å². The molecule has 1 heterocycles. The lowest BCUT2D eigenvalue weighted by molar-refractivity contribution is 0.0496. The van der Waals surface area contributed by atoms with Gasteiger partial charge >= 0.3 is 5.97 Å². The average Bonchev–Trinajstić information content (AvgIpc) is 3.08. The van der Waals surface area contributed by atoms with Gasteiger partial charge < -0.3 is 9.30 Å². The average molecular weight is 300 g/mol. The summed E-state index contributed by atoms with van der Waals surface area (Å²) in [5, 5.41) is 0. The molecule has 2 rings (SSSR count). The van der Waals surface area contributed by atoms with E-state index in [1.165, 1.54) is 0 Å². The number of esters is 1. The molecule has 0 saturated carbocycles. The Morgan fingerprint density at radius 2 is 2.05 bits per heavy atom. The van der Waals surface area contributed by atoms with Crippen LogP contribution in [-0.4, -0.2) is 22.1 Å². The highest BCUT2D eigenvalue weighted by atomic mass is 16.5. The van der Waals surface area contributed by atoms with Gasteiger partial charge in [-0.3, -0.25) is 0 Å². The Kier molecular flexibility index (Phi) is 6.68. The maximum Gasteiger partial charge on any atom is 0.338 e. The van der Waals surface area contributed by atoms with Gasteiger partial charge in [0.15, 0.2) is 0 Å². The van der Waals surface area contributed by atoms with Gasteiger partial charge in [-0.1, -0.05) is 31.5 Å². The molecule has 0 spiro atoms. The molecule has 4 heteroatoms. The fraction of sp³-hybridized carbons (Fsp3) is 0.444. The number of imidazole rings is 1. The van der Waals surface area contributed by atoms with Crippen molar-refractivity contribution < 1.29 is 9.53 Å². The first-order chi connectivity index (χ1) is 10.8. The molecule has 118 valence electrons. The van der Waals surface area contributed by atoms with Gasteiger partial charge in [0.2, 0.25) is 0 Å². The van der Waals surface area contributed by atoms with Crippen LogP contribution in [0.1, 0.15) is 55.4 Å². The van der Waals surface area contributed by atoms with Crippen molar-refractivity contribution in [1.29, 1.82) is 0 Å². The second-order valence-electron chi connectivity index (χ2n) is 5.45. The molecule has 0 amide bonds. The van der Waals surface area contributed by atoms with Crippen molar-refractivity contribution in [1.82, 2.24) is 9.55 Å². The van der Waals surface area contributed by atoms with E-state index in [1.54, 1.807) is 12.1 Å². The van der Waals surface area contributed by atoms with E-state index in [1.807, 2.05) is 36.9 Å². The molecule has 4 nitrogen and oxygen atoms in total. The fourth-order valence-electron chi connectivity index (χ4n) is 2.57. The van der Waals surface area contributed by atoms with E-state index in [2.05, 4.69) is 16.5 Å². The van der Waals surface area contributed by atoms with Gasteiger partial charge in [0.1, 0.15) is 0 Å². The van der Waals surface area contributed by atoms with Crippen molar-refractivity contribution in [3.8, 4) is 0 Å². The van der Waals surface area contributed by atoms with E-state index in [9.17, 15) is 4.79 Å². The first-order valence-corrected chi connectivity index (χ1v) is 8.01. The molecule has 1 aromatic carbocycles. The third-order valence-corrected chi connectivity index (χ3v) is 3.74. The summed E-state index contributed by atoms with van der Waals surface area (Å²) in [5.74, 6) is -0.236. The van der Waals surface area contributed by atoms with Crippen LogP contribution in [0.2, 0.25) is 0 Å². The second-order valence-corrected chi connectivity index (χ2v) is 5.45. The van der Waals surface area contributed by atoms with Crippen LogP contribution in [0, 0.1) is 0 Å². The number of rotatable bonds is 9. The van der Waals surface area contributed by atoms with Gasteiger partial charge in [0, 0.05) is 18.4 Å². The fourth-order valence-corrected chi connectivity index (χ4v) is 2.57. The SMILES string of the molecule is CCCC(CCCCOC(=O)c1ccccc1)n1ccnc1. The molecule has 1 atom stereocenters. The van der Waals surface area contributed by atoms with Crippen LogP contribution in [0.15, 0.2) is 49.1 Å². The Hall–Kier alpha value is -2.10. The molecular formula is C18H24N2O2. The van der Waals surface area contributed by atoms with Gasteiger partial charge in [0.05, 0.1) is 18.5 Å². The molecule has 0 aliphatic rings. The van der Waals surface area contributed by atoms with Crippen LogP contribution >= 0.6 is 0 Å². The predicted octanol–water partition coefficient (Wildman–Crippen LogP) is 4.25. The van der Waals surface area contributed by atoms with Crippen molar-refractivity contribution in [2.24, 2.45) is 0 Å².